The fourth-order valence-electron chi connectivity index (χ4n) is 1.19. The fraction of sp³-hybridized carbons (Fsp3) is 0.857. The van der Waals surface area contributed by atoms with Gasteiger partial charge < -0.3 is 15.2 Å². The molecule has 0 amide bonds. The predicted molar refractivity (Wildman–Crippen MR) is 73.4 cm³/mol. The van der Waals surface area contributed by atoms with Crippen molar-refractivity contribution >= 4 is 11.9 Å². The van der Waals surface area contributed by atoms with E-state index in [1.807, 2.05) is 20.8 Å². The summed E-state index contributed by atoms with van der Waals surface area (Å²) in [5.74, 6) is -0.584. The second kappa shape index (κ2) is 7.48. The minimum atomic E-state index is -0.784. The normalized spacial score (nSPS) is 14.9. The van der Waals surface area contributed by atoms with Crippen molar-refractivity contribution < 1.29 is 19.1 Å². The average Bonchev–Trinajstić information content (AvgIpc) is 2.23. The van der Waals surface area contributed by atoms with E-state index in [-0.39, 0.29) is 30.8 Å². The first-order chi connectivity index (χ1) is 8.53. The van der Waals surface area contributed by atoms with Gasteiger partial charge in [0.15, 0.2) is 0 Å². The second-order valence-electron chi connectivity index (χ2n) is 6.12. The molecule has 5 heteroatoms. The van der Waals surface area contributed by atoms with Gasteiger partial charge in [-0.05, 0) is 40.0 Å². The van der Waals surface area contributed by atoms with E-state index < -0.39 is 17.6 Å². The highest BCUT2D eigenvalue weighted by atomic mass is 16.6. The number of nitrogens with two attached hydrogens (primary N) is 1. The van der Waals surface area contributed by atoms with Gasteiger partial charge >= 0.3 is 11.9 Å². The second-order valence-corrected chi connectivity index (χ2v) is 6.12. The van der Waals surface area contributed by atoms with Crippen molar-refractivity contribution in [1.82, 2.24) is 0 Å². The first-order valence-corrected chi connectivity index (χ1v) is 6.71. The zero-order valence-corrected chi connectivity index (χ0v) is 12.9. The molecule has 0 aromatic heterocycles. The molecule has 2 N–H and O–H groups in total. The van der Waals surface area contributed by atoms with E-state index in [9.17, 15) is 9.59 Å². The van der Waals surface area contributed by atoms with E-state index in [2.05, 4.69) is 0 Å². The van der Waals surface area contributed by atoms with Crippen molar-refractivity contribution in [3.05, 3.63) is 0 Å². The first kappa shape index (κ1) is 17.9. The van der Waals surface area contributed by atoms with Gasteiger partial charge in [0, 0.05) is 6.42 Å². The van der Waals surface area contributed by atoms with Crippen LogP contribution in [0.2, 0.25) is 0 Å². The summed E-state index contributed by atoms with van der Waals surface area (Å²) >= 11 is 0. The van der Waals surface area contributed by atoms with Crippen LogP contribution in [0.5, 0.6) is 0 Å². The summed E-state index contributed by atoms with van der Waals surface area (Å²) in [5, 5.41) is 0. The predicted octanol–water partition coefficient (Wildman–Crippen LogP) is 2.02. The minimum Gasteiger partial charge on any atom is -0.461 e. The lowest BCUT2D eigenvalue weighted by Gasteiger charge is -2.21. The molecular formula is C14H27NO4. The summed E-state index contributed by atoms with van der Waals surface area (Å²) in [6.45, 7) is 11.1. The van der Waals surface area contributed by atoms with E-state index in [4.69, 9.17) is 15.2 Å². The Morgan fingerprint density at radius 2 is 1.68 bits per heavy atom. The largest absolute Gasteiger partial charge is 0.461 e. The van der Waals surface area contributed by atoms with Crippen LogP contribution >= 0.6 is 0 Å². The van der Waals surface area contributed by atoms with Gasteiger partial charge in [0.05, 0.1) is 0 Å². The number of hydrogen-bond donors (Lipinski definition) is 1. The van der Waals surface area contributed by atoms with Gasteiger partial charge in [-0.2, -0.15) is 0 Å². The monoisotopic (exact) mass is 273 g/mol. The molecule has 0 aromatic carbocycles. The Morgan fingerprint density at radius 1 is 1.16 bits per heavy atom. The number of carbonyl (C=O) groups is 2. The number of esters is 2. The van der Waals surface area contributed by atoms with Gasteiger partial charge in [0.25, 0.3) is 0 Å². The van der Waals surface area contributed by atoms with Crippen LogP contribution in [0.3, 0.4) is 0 Å². The van der Waals surface area contributed by atoms with Crippen molar-refractivity contribution in [2.24, 2.45) is 11.7 Å². The van der Waals surface area contributed by atoms with Crippen LogP contribution in [0.25, 0.3) is 0 Å². The Bertz CT molecular complexity index is 307. The number of rotatable bonds is 6. The minimum absolute atomic E-state index is 0.115. The first-order valence-electron chi connectivity index (χ1n) is 6.71. The molecular weight excluding hydrogens is 246 g/mol. The van der Waals surface area contributed by atoms with Crippen LogP contribution in [0.4, 0.5) is 0 Å². The molecule has 0 saturated carbocycles. The van der Waals surface area contributed by atoms with Gasteiger partial charge in [-0.15, -0.1) is 0 Å². The summed E-state index contributed by atoms with van der Waals surface area (Å²) in [6.07, 6.45) is 0.169. The topological polar surface area (TPSA) is 78.6 Å². The fourth-order valence-corrected chi connectivity index (χ4v) is 1.19. The highest BCUT2D eigenvalue weighted by molar-refractivity contribution is 5.77. The van der Waals surface area contributed by atoms with Crippen molar-refractivity contribution in [1.29, 1.82) is 0 Å². The van der Waals surface area contributed by atoms with E-state index in [1.54, 1.807) is 20.8 Å². The standard InChI is InChI=1S/C14H27NO4/c1-9(2)10(3)18-13(17)11(15)7-8-12(16)19-14(4,5)6/h9-11H,7-8,15H2,1-6H3. The van der Waals surface area contributed by atoms with E-state index in [0.29, 0.717) is 0 Å². The van der Waals surface area contributed by atoms with Crippen molar-refractivity contribution in [3.63, 3.8) is 0 Å². The zero-order chi connectivity index (χ0) is 15.2. The molecule has 0 aliphatic heterocycles. The third-order valence-corrected chi connectivity index (χ3v) is 2.62. The highest BCUT2D eigenvalue weighted by Crippen LogP contribution is 2.11. The van der Waals surface area contributed by atoms with E-state index in [1.165, 1.54) is 0 Å². The van der Waals surface area contributed by atoms with E-state index in [0.717, 1.165) is 0 Å². The lowest BCUT2D eigenvalue weighted by Crippen LogP contribution is -2.36. The molecule has 0 saturated heterocycles. The molecule has 0 heterocycles. The molecule has 0 aromatic rings. The molecule has 19 heavy (non-hydrogen) atoms. The molecule has 0 radical (unpaired) electrons. The smallest absolute Gasteiger partial charge is 0.323 e. The molecule has 2 unspecified atom stereocenters. The van der Waals surface area contributed by atoms with Gasteiger partial charge in [0.1, 0.15) is 17.7 Å². The Balaban J connectivity index is 4.07. The summed E-state index contributed by atoms with van der Waals surface area (Å²) in [7, 11) is 0. The lowest BCUT2D eigenvalue weighted by atomic mass is 10.1. The molecule has 112 valence electrons. The Labute approximate surface area is 115 Å². The Morgan fingerprint density at radius 3 is 2.11 bits per heavy atom. The van der Waals surface area contributed by atoms with Crippen LogP contribution in [0.1, 0.15) is 54.4 Å². The summed E-state index contributed by atoms with van der Waals surface area (Å²) in [6, 6.07) is -0.784. The van der Waals surface area contributed by atoms with Gasteiger partial charge in [-0.1, -0.05) is 13.8 Å². The highest BCUT2D eigenvalue weighted by Gasteiger charge is 2.22. The molecule has 0 aliphatic rings. The van der Waals surface area contributed by atoms with Crippen molar-refractivity contribution in [2.75, 3.05) is 0 Å². The Hall–Kier alpha value is -1.10. The molecule has 5 nitrogen and oxygen atoms in total. The van der Waals surface area contributed by atoms with Crippen molar-refractivity contribution in [3.8, 4) is 0 Å². The summed E-state index contributed by atoms with van der Waals surface area (Å²) in [4.78, 5) is 23.1. The third-order valence-electron chi connectivity index (χ3n) is 2.62. The van der Waals surface area contributed by atoms with E-state index >= 15 is 0 Å². The zero-order valence-electron chi connectivity index (χ0n) is 12.9. The third kappa shape index (κ3) is 8.59. The quantitative estimate of drug-likeness (QED) is 0.749. The molecule has 0 rings (SSSR count). The van der Waals surface area contributed by atoms with Gasteiger partial charge in [-0.3, -0.25) is 9.59 Å². The molecule has 0 bridgehead atoms. The molecule has 0 fully saturated rings. The van der Waals surface area contributed by atoms with Crippen LogP contribution < -0.4 is 5.73 Å². The lowest BCUT2D eigenvalue weighted by molar-refractivity contribution is -0.156. The number of ether oxygens (including phenoxy) is 2. The van der Waals surface area contributed by atoms with Crippen LogP contribution in [-0.2, 0) is 19.1 Å². The summed E-state index contributed by atoms with van der Waals surface area (Å²) in [5.41, 5.74) is 5.18. The van der Waals surface area contributed by atoms with Crippen LogP contribution in [0.15, 0.2) is 0 Å². The number of carbonyl (C=O) groups excluding carboxylic acids is 2. The summed E-state index contributed by atoms with van der Waals surface area (Å²) < 4.78 is 10.3. The number of hydrogen-bond acceptors (Lipinski definition) is 5. The van der Waals surface area contributed by atoms with Gasteiger partial charge in [-0.25, -0.2) is 0 Å². The SMILES string of the molecule is CC(C)C(C)OC(=O)C(N)CCC(=O)OC(C)(C)C. The van der Waals surface area contributed by atoms with Gasteiger partial charge in [0.2, 0.25) is 0 Å². The maximum Gasteiger partial charge on any atom is 0.323 e. The van der Waals surface area contributed by atoms with Crippen LogP contribution in [-0.4, -0.2) is 29.7 Å². The Kier molecular flexibility index (Phi) is 7.05. The molecule has 2 atom stereocenters. The molecule has 0 aliphatic carbocycles. The van der Waals surface area contributed by atoms with Crippen LogP contribution in [0, 0.1) is 5.92 Å². The average molecular weight is 273 g/mol. The maximum absolute atomic E-state index is 11.7. The van der Waals surface area contributed by atoms with Crippen molar-refractivity contribution in [2.45, 2.75) is 72.1 Å². The molecule has 0 spiro atoms. The maximum atomic E-state index is 11.7.